The average Bonchev–Trinajstić information content (AvgIpc) is 2.43. The van der Waals surface area contributed by atoms with Gasteiger partial charge in [-0.1, -0.05) is 41.4 Å². The predicted octanol–water partition coefficient (Wildman–Crippen LogP) is 5.71. The highest BCUT2D eigenvalue weighted by Gasteiger charge is 2.25. The van der Waals surface area contributed by atoms with Crippen molar-refractivity contribution in [2.75, 3.05) is 6.61 Å². The monoisotopic (exact) mass is 362 g/mol. The minimum atomic E-state index is -3.00. The molecular formula is C14H13Cl2O3PS. The van der Waals surface area contributed by atoms with Gasteiger partial charge in [0.2, 0.25) is 0 Å². The van der Waals surface area contributed by atoms with Crippen LogP contribution in [-0.4, -0.2) is 6.61 Å². The Morgan fingerprint density at radius 3 is 2.38 bits per heavy atom. The molecule has 1 unspecified atom stereocenters. The minimum absolute atomic E-state index is 0.355. The van der Waals surface area contributed by atoms with Gasteiger partial charge in [0.25, 0.3) is 0 Å². The van der Waals surface area contributed by atoms with E-state index in [1.807, 2.05) is 25.1 Å². The summed E-state index contributed by atoms with van der Waals surface area (Å²) in [5, 5.41) is 0.870. The normalized spacial score (nSPS) is 13.5. The summed E-state index contributed by atoms with van der Waals surface area (Å²) in [6.07, 6.45) is 0. The molecule has 0 aliphatic heterocycles. The molecule has 0 aliphatic rings. The van der Waals surface area contributed by atoms with Crippen LogP contribution in [0.1, 0.15) is 6.92 Å². The first-order valence-electron chi connectivity index (χ1n) is 6.16. The highest BCUT2D eigenvalue weighted by molar-refractivity contribution is 8.07. The van der Waals surface area contributed by atoms with Crippen molar-refractivity contribution in [2.45, 2.75) is 6.92 Å². The van der Waals surface area contributed by atoms with Crippen molar-refractivity contribution in [1.82, 2.24) is 0 Å². The Labute approximate surface area is 139 Å². The molecule has 0 spiro atoms. The van der Waals surface area contributed by atoms with Crippen molar-refractivity contribution < 1.29 is 13.6 Å². The molecule has 0 aliphatic carbocycles. The van der Waals surface area contributed by atoms with E-state index in [-0.39, 0.29) is 0 Å². The van der Waals surface area contributed by atoms with Gasteiger partial charge in [-0.05, 0) is 37.3 Å². The molecule has 0 fully saturated rings. The van der Waals surface area contributed by atoms with Gasteiger partial charge in [0.05, 0.1) is 11.6 Å². The second-order valence-corrected chi connectivity index (χ2v) is 7.64. The molecule has 2 rings (SSSR count). The summed E-state index contributed by atoms with van der Waals surface area (Å²) >= 11 is 17.4. The third-order valence-electron chi connectivity index (χ3n) is 2.35. The van der Waals surface area contributed by atoms with Crippen molar-refractivity contribution in [3.63, 3.8) is 0 Å². The maximum atomic E-state index is 6.09. The summed E-state index contributed by atoms with van der Waals surface area (Å²) < 4.78 is 17.0. The molecule has 112 valence electrons. The van der Waals surface area contributed by atoms with Gasteiger partial charge in [-0.2, -0.15) is 0 Å². The van der Waals surface area contributed by atoms with E-state index < -0.39 is 6.72 Å². The van der Waals surface area contributed by atoms with Crippen LogP contribution in [0.5, 0.6) is 11.5 Å². The summed E-state index contributed by atoms with van der Waals surface area (Å²) in [6, 6.07) is 14.0. The molecule has 0 saturated heterocycles. The van der Waals surface area contributed by atoms with Crippen LogP contribution in [0.2, 0.25) is 10.0 Å². The van der Waals surface area contributed by atoms with Crippen LogP contribution < -0.4 is 9.05 Å². The predicted molar refractivity (Wildman–Crippen MR) is 90.1 cm³/mol. The van der Waals surface area contributed by atoms with Crippen molar-refractivity contribution in [2.24, 2.45) is 0 Å². The maximum absolute atomic E-state index is 6.09. The Bertz CT molecular complexity index is 652. The number of rotatable bonds is 6. The van der Waals surface area contributed by atoms with Gasteiger partial charge in [0, 0.05) is 16.8 Å². The first-order valence-corrected chi connectivity index (χ1v) is 9.47. The van der Waals surface area contributed by atoms with Gasteiger partial charge in [0.15, 0.2) is 0 Å². The molecule has 0 bridgehead atoms. The molecule has 0 N–H and O–H groups in total. The van der Waals surface area contributed by atoms with Crippen LogP contribution in [-0.2, 0) is 16.3 Å². The molecule has 0 saturated carbocycles. The third-order valence-corrected chi connectivity index (χ3v) is 5.07. The zero-order chi connectivity index (χ0) is 15.3. The molecule has 2 aromatic rings. The minimum Gasteiger partial charge on any atom is -0.416 e. The van der Waals surface area contributed by atoms with Gasteiger partial charge in [-0.25, -0.2) is 0 Å². The highest BCUT2D eigenvalue weighted by atomic mass is 35.5. The van der Waals surface area contributed by atoms with Gasteiger partial charge in [-0.3, -0.25) is 4.52 Å². The summed E-state index contributed by atoms with van der Waals surface area (Å²) in [6.45, 7) is -0.807. The van der Waals surface area contributed by atoms with E-state index in [0.29, 0.717) is 28.2 Å². The Hall–Kier alpha value is -0.770. The van der Waals surface area contributed by atoms with Crippen LogP contribution in [0.25, 0.3) is 0 Å². The van der Waals surface area contributed by atoms with Crippen molar-refractivity contribution in [1.29, 1.82) is 0 Å². The lowest BCUT2D eigenvalue weighted by Gasteiger charge is -2.22. The molecule has 0 radical (unpaired) electrons. The number of halogens is 2. The summed E-state index contributed by atoms with van der Waals surface area (Å²) in [4.78, 5) is 0. The second kappa shape index (κ2) is 7.48. The Balaban J connectivity index is 2.23. The molecular weight excluding hydrogens is 350 g/mol. The van der Waals surface area contributed by atoms with E-state index >= 15 is 0 Å². The molecule has 3 nitrogen and oxygen atoms in total. The van der Waals surface area contributed by atoms with Crippen molar-refractivity contribution in [3.05, 3.63) is 58.6 Å². The fraction of sp³-hybridized carbons (Fsp3) is 0.143. The SMILES string of the molecule is CCOP(=S)(Oc1ccccc1)Oc1ccc(Cl)cc1Cl. The molecule has 1 atom stereocenters. The van der Waals surface area contributed by atoms with E-state index in [0.717, 1.165) is 0 Å². The number of hydrogen-bond acceptors (Lipinski definition) is 4. The second-order valence-electron chi connectivity index (χ2n) is 3.94. The molecule has 2 aromatic carbocycles. The Morgan fingerprint density at radius 2 is 1.76 bits per heavy atom. The molecule has 0 heterocycles. The van der Waals surface area contributed by atoms with E-state index in [1.165, 1.54) is 0 Å². The fourth-order valence-corrected chi connectivity index (χ4v) is 4.06. The smallest absolute Gasteiger partial charge is 0.416 e. The lowest BCUT2D eigenvalue weighted by atomic mass is 10.3. The number of benzene rings is 2. The summed E-state index contributed by atoms with van der Waals surface area (Å²) in [7, 11) is 0. The topological polar surface area (TPSA) is 27.7 Å². The van der Waals surface area contributed by atoms with Gasteiger partial charge < -0.3 is 9.05 Å². The standard InChI is InChI=1S/C14H13Cl2O3PS/c1-2-17-20(21,18-12-6-4-3-5-7-12)19-14-9-8-11(15)10-13(14)16/h3-10H,2H2,1H3. The zero-order valence-corrected chi connectivity index (χ0v) is 14.4. The van der Waals surface area contributed by atoms with Crippen LogP contribution >= 0.6 is 29.9 Å². The van der Waals surface area contributed by atoms with Crippen molar-refractivity contribution in [3.8, 4) is 11.5 Å². The first kappa shape index (κ1) is 16.6. The maximum Gasteiger partial charge on any atom is 0.434 e. The number of hydrogen-bond donors (Lipinski definition) is 0. The van der Waals surface area contributed by atoms with Crippen LogP contribution in [0.15, 0.2) is 48.5 Å². The van der Waals surface area contributed by atoms with Gasteiger partial charge >= 0.3 is 6.72 Å². The molecule has 0 amide bonds. The van der Waals surface area contributed by atoms with E-state index in [4.69, 9.17) is 48.6 Å². The largest absolute Gasteiger partial charge is 0.434 e. The van der Waals surface area contributed by atoms with Crippen LogP contribution in [0.4, 0.5) is 0 Å². The fourth-order valence-electron chi connectivity index (χ4n) is 1.51. The first-order chi connectivity index (χ1) is 10.0. The Morgan fingerprint density at radius 1 is 1.05 bits per heavy atom. The molecule has 7 heteroatoms. The summed E-state index contributed by atoms with van der Waals surface area (Å²) in [5.41, 5.74) is 0. The molecule has 0 aromatic heterocycles. The molecule has 21 heavy (non-hydrogen) atoms. The van der Waals surface area contributed by atoms with E-state index in [2.05, 4.69) is 0 Å². The van der Waals surface area contributed by atoms with E-state index in [9.17, 15) is 0 Å². The average molecular weight is 363 g/mol. The zero-order valence-electron chi connectivity index (χ0n) is 11.2. The highest BCUT2D eigenvalue weighted by Crippen LogP contribution is 2.51. The van der Waals surface area contributed by atoms with Crippen LogP contribution in [0, 0.1) is 0 Å². The summed E-state index contributed by atoms with van der Waals surface area (Å²) in [5.74, 6) is 0.966. The lowest BCUT2D eigenvalue weighted by Crippen LogP contribution is -2.04. The number of para-hydroxylation sites is 1. The quantitative estimate of drug-likeness (QED) is 0.615. The lowest BCUT2D eigenvalue weighted by molar-refractivity contribution is 0.277. The van der Waals surface area contributed by atoms with Crippen molar-refractivity contribution >= 4 is 41.7 Å². The van der Waals surface area contributed by atoms with Gasteiger partial charge in [-0.15, -0.1) is 0 Å². The third kappa shape index (κ3) is 4.87. The van der Waals surface area contributed by atoms with E-state index in [1.54, 1.807) is 30.3 Å². The Kier molecular flexibility index (Phi) is 5.91. The van der Waals surface area contributed by atoms with Gasteiger partial charge in [0.1, 0.15) is 11.5 Å². The van der Waals surface area contributed by atoms with Crippen LogP contribution in [0.3, 0.4) is 0 Å².